The molecule has 2 amide bonds. The monoisotopic (exact) mass is 414 g/mol. The molecule has 0 saturated heterocycles. The smallest absolute Gasteiger partial charge is 0.267 e. The highest BCUT2D eigenvalue weighted by atomic mass is 35.5. The van der Waals surface area contributed by atoms with Crippen LogP contribution in [0.1, 0.15) is 72.4 Å². The standard InChI is InChI=1S/C24H31ClN2O2/c1-7-8-21(24(4,5)6)27(23(29)19-14-16(2)13-17(3)15-19)26-22(28)18-9-11-20(25)12-10-18/h9-15,21H,7-8H2,1-6H3,(H,26,28). The minimum atomic E-state index is -0.329. The number of amides is 2. The summed E-state index contributed by atoms with van der Waals surface area (Å²) in [4.78, 5) is 26.4. The molecule has 0 spiro atoms. The summed E-state index contributed by atoms with van der Waals surface area (Å²) >= 11 is 5.94. The molecule has 0 fully saturated rings. The van der Waals surface area contributed by atoms with E-state index in [1.807, 2.05) is 32.0 Å². The summed E-state index contributed by atoms with van der Waals surface area (Å²) in [6.45, 7) is 12.3. The molecule has 1 atom stereocenters. The van der Waals surface area contributed by atoms with Gasteiger partial charge in [0, 0.05) is 16.1 Å². The van der Waals surface area contributed by atoms with E-state index in [9.17, 15) is 9.59 Å². The average Bonchev–Trinajstić information content (AvgIpc) is 2.62. The van der Waals surface area contributed by atoms with E-state index in [4.69, 9.17) is 11.6 Å². The normalized spacial score (nSPS) is 12.4. The molecule has 0 aliphatic carbocycles. The SMILES string of the molecule is CCCC(N(NC(=O)c1ccc(Cl)cc1)C(=O)c1cc(C)cc(C)c1)C(C)(C)C. The maximum absolute atomic E-state index is 13.5. The zero-order valence-electron chi connectivity index (χ0n) is 18.2. The molecule has 1 N–H and O–H groups in total. The van der Waals surface area contributed by atoms with Gasteiger partial charge in [-0.2, -0.15) is 0 Å². The quantitative estimate of drug-likeness (QED) is 0.613. The molecule has 0 aliphatic rings. The van der Waals surface area contributed by atoms with E-state index in [2.05, 4.69) is 33.1 Å². The Kier molecular flexibility index (Phi) is 7.48. The van der Waals surface area contributed by atoms with Gasteiger partial charge in [0.05, 0.1) is 6.04 Å². The maximum Gasteiger partial charge on any atom is 0.272 e. The van der Waals surface area contributed by atoms with Gasteiger partial charge >= 0.3 is 0 Å². The van der Waals surface area contributed by atoms with Crippen molar-refractivity contribution >= 4 is 23.4 Å². The molecule has 0 saturated carbocycles. The second-order valence-electron chi connectivity index (χ2n) is 8.67. The molecular weight excluding hydrogens is 384 g/mol. The van der Waals surface area contributed by atoms with Gasteiger partial charge < -0.3 is 0 Å². The van der Waals surface area contributed by atoms with Gasteiger partial charge in [0.2, 0.25) is 0 Å². The Labute approximate surface area is 179 Å². The van der Waals surface area contributed by atoms with Crippen molar-refractivity contribution < 1.29 is 9.59 Å². The number of carbonyl (C=O) groups is 2. The summed E-state index contributed by atoms with van der Waals surface area (Å²) < 4.78 is 0. The summed E-state index contributed by atoms with van der Waals surface area (Å²) in [6.07, 6.45) is 1.68. The summed E-state index contributed by atoms with van der Waals surface area (Å²) in [5.41, 5.74) is 5.73. The maximum atomic E-state index is 13.5. The van der Waals surface area contributed by atoms with Gasteiger partial charge in [0.1, 0.15) is 0 Å². The number of nitrogens with one attached hydrogen (secondary N) is 1. The topological polar surface area (TPSA) is 49.4 Å². The first-order chi connectivity index (χ1) is 13.5. The molecule has 0 aromatic heterocycles. The Morgan fingerprint density at radius 3 is 2.03 bits per heavy atom. The zero-order valence-corrected chi connectivity index (χ0v) is 18.9. The van der Waals surface area contributed by atoms with Gasteiger partial charge in [0.25, 0.3) is 11.8 Å². The van der Waals surface area contributed by atoms with Crippen LogP contribution in [0.25, 0.3) is 0 Å². The average molecular weight is 415 g/mol. The van der Waals surface area contributed by atoms with Crippen LogP contribution in [0.5, 0.6) is 0 Å². The first-order valence-electron chi connectivity index (χ1n) is 10.0. The van der Waals surface area contributed by atoms with E-state index in [0.717, 1.165) is 24.0 Å². The Hall–Kier alpha value is -2.33. The number of nitrogens with zero attached hydrogens (tertiary/aromatic N) is 1. The van der Waals surface area contributed by atoms with Crippen molar-refractivity contribution in [2.75, 3.05) is 0 Å². The highest BCUT2D eigenvalue weighted by Gasteiger charge is 2.35. The number of carbonyl (C=O) groups excluding carboxylic acids is 2. The van der Waals surface area contributed by atoms with Crippen LogP contribution in [0.4, 0.5) is 0 Å². The summed E-state index contributed by atoms with van der Waals surface area (Å²) in [6, 6.07) is 12.2. The predicted octanol–water partition coefficient (Wildman–Crippen LogP) is 5.96. The molecule has 0 aliphatic heterocycles. The van der Waals surface area contributed by atoms with Crippen molar-refractivity contribution in [2.45, 2.75) is 60.4 Å². The van der Waals surface area contributed by atoms with Gasteiger partial charge in [-0.15, -0.1) is 0 Å². The molecule has 29 heavy (non-hydrogen) atoms. The van der Waals surface area contributed by atoms with Gasteiger partial charge in [-0.1, -0.05) is 62.9 Å². The fraction of sp³-hybridized carbons (Fsp3) is 0.417. The Bertz CT molecular complexity index is 849. The third-order valence-corrected chi connectivity index (χ3v) is 5.14. The van der Waals surface area contributed by atoms with E-state index in [1.54, 1.807) is 24.3 Å². The first-order valence-corrected chi connectivity index (χ1v) is 10.4. The molecule has 2 aromatic carbocycles. The molecular formula is C24H31ClN2O2. The molecule has 0 bridgehead atoms. The molecule has 5 heteroatoms. The van der Waals surface area contributed by atoms with Crippen LogP contribution < -0.4 is 5.43 Å². The molecule has 4 nitrogen and oxygen atoms in total. The van der Waals surface area contributed by atoms with E-state index < -0.39 is 0 Å². The van der Waals surface area contributed by atoms with Crippen molar-refractivity contribution in [3.05, 3.63) is 69.7 Å². The van der Waals surface area contributed by atoms with Crippen LogP contribution in [0.2, 0.25) is 5.02 Å². The van der Waals surface area contributed by atoms with Crippen molar-refractivity contribution in [2.24, 2.45) is 5.41 Å². The van der Waals surface area contributed by atoms with E-state index in [-0.39, 0.29) is 23.3 Å². The number of hydrogen-bond acceptors (Lipinski definition) is 2. The van der Waals surface area contributed by atoms with Crippen molar-refractivity contribution in [1.82, 2.24) is 10.4 Å². The molecule has 2 aromatic rings. The minimum Gasteiger partial charge on any atom is -0.267 e. The van der Waals surface area contributed by atoms with E-state index in [1.165, 1.54) is 5.01 Å². The van der Waals surface area contributed by atoms with Gasteiger partial charge in [-0.25, -0.2) is 5.01 Å². The van der Waals surface area contributed by atoms with E-state index >= 15 is 0 Å². The van der Waals surface area contributed by atoms with Crippen LogP contribution in [-0.2, 0) is 0 Å². The first kappa shape index (κ1) is 23.0. The highest BCUT2D eigenvalue weighted by Crippen LogP contribution is 2.29. The predicted molar refractivity (Wildman–Crippen MR) is 119 cm³/mol. The third-order valence-electron chi connectivity index (χ3n) is 4.89. The number of rotatable bonds is 5. The van der Waals surface area contributed by atoms with E-state index in [0.29, 0.717) is 16.1 Å². The highest BCUT2D eigenvalue weighted by molar-refractivity contribution is 6.30. The lowest BCUT2D eigenvalue weighted by Gasteiger charge is -2.40. The number of hydrogen-bond donors (Lipinski definition) is 1. The zero-order chi connectivity index (χ0) is 21.8. The van der Waals surface area contributed by atoms with Crippen molar-refractivity contribution in [1.29, 1.82) is 0 Å². The van der Waals surface area contributed by atoms with Crippen LogP contribution in [0.15, 0.2) is 42.5 Å². The van der Waals surface area contributed by atoms with Crippen molar-refractivity contribution in [3.63, 3.8) is 0 Å². The third kappa shape index (κ3) is 6.07. The fourth-order valence-corrected chi connectivity index (χ4v) is 3.63. The van der Waals surface area contributed by atoms with Gasteiger partial charge in [-0.05, 0) is 62.1 Å². The molecule has 0 radical (unpaired) electrons. The number of aryl methyl sites for hydroxylation is 2. The largest absolute Gasteiger partial charge is 0.272 e. The number of halogens is 1. The molecule has 2 rings (SSSR count). The summed E-state index contributed by atoms with van der Waals surface area (Å²) in [5, 5.41) is 2.08. The minimum absolute atomic E-state index is 0.155. The second kappa shape index (κ2) is 9.45. The summed E-state index contributed by atoms with van der Waals surface area (Å²) in [7, 11) is 0. The Morgan fingerprint density at radius 1 is 1.00 bits per heavy atom. The van der Waals surface area contributed by atoms with Crippen LogP contribution in [0, 0.1) is 19.3 Å². The van der Waals surface area contributed by atoms with Crippen molar-refractivity contribution in [3.8, 4) is 0 Å². The Balaban J connectivity index is 2.45. The van der Waals surface area contributed by atoms with Crippen LogP contribution in [-0.4, -0.2) is 22.9 Å². The second-order valence-corrected chi connectivity index (χ2v) is 9.11. The lowest BCUT2D eigenvalue weighted by atomic mass is 9.83. The Morgan fingerprint density at radius 2 is 1.55 bits per heavy atom. The lowest BCUT2D eigenvalue weighted by molar-refractivity contribution is 0.0271. The van der Waals surface area contributed by atoms with Crippen LogP contribution in [0.3, 0.4) is 0 Å². The van der Waals surface area contributed by atoms with Gasteiger partial charge in [-0.3, -0.25) is 15.0 Å². The number of hydrazine groups is 1. The fourth-order valence-electron chi connectivity index (χ4n) is 3.51. The number of benzene rings is 2. The van der Waals surface area contributed by atoms with Crippen LogP contribution >= 0.6 is 11.6 Å². The van der Waals surface area contributed by atoms with Gasteiger partial charge in [0.15, 0.2) is 0 Å². The lowest BCUT2D eigenvalue weighted by Crippen LogP contribution is -2.56. The molecule has 0 heterocycles. The molecule has 156 valence electrons. The molecule has 1 unspecified atom stereocenters. The summed E-state index contributed by atoms with van der Waals surface area (Å²) in [5.74, 6) is -0.530.